The molecule has 0 bridgehead atoms. The zero-order valence-corrected chi connectivity index (χ0v) is 19.8. The molecule has 2 amide bonds. The number of aromatic nitrogens is 1. The molecule has 0 saturated heterocycles. The van der Waals surface area contributed by atoms with Crippen LogP contribution in [0.3, 0.4) is 0 Å². The fourth-order valence-electron chi connectivity index (χ4n) is 4.47. The molecule has 5 rings (SSSR count). The van der Waals surface area contributed by atoms with Crippen molar-refractivity contribution in [3.63, 3.8) is 0 Å². The summed E-state index contributed by atoms with van der Waals surface area (Å²) in [7, 11) is -4.25. The van der Waals surface area contributed by atoms with Gasteiger partial charge in [-0.05, 0) is 41.8 Å². The van der Waals surface area contributed by atoms with Crippen LogP contribution in [0.5, 0.6) is 0 Å². The molecule has 1 N–H and O–H groups in total. The van der Waals surface area contributed by atoms with Crippen LogP contribution >= 0.6 is 0 Å². The number of fused-ring (bicyclic) bond motifs is 2. The summed E-state index contributed by atoms with van der Waals surface area (Å²) in [5.74, 6) is -1.06. The highest BCUT2D eigenvalue weighted by molar-refractivity contribution is 7.90. The van der Waals surface area contributed by atoms with Gasteiger partial charge in [-0.2, -0.15) is 0 Å². The second-order valence-corrected chi connectivity index (χ2v) is 10.2. The zero-order chi connectivity index (χ0) is 24.6. The molecule has 0 spiro atoms. The van der Waals surface area contributed by atoms with Crippen molar-refractivity contribution >= 4 is 32.7 Å². The first-order chi connectivity index (χ1) is 16.8. The largest absolute Gasteiger partial charge is 0.322 e. The topological polar surface area (TPSA) is 96.4 Å². The van der Waals surface area contributed by atoms with E-state index in [1.165, 1.54) is 17.2 Å². The van der Waals surface area contributed by atoms with Crippen LogP contribution in [0.2, 0.25) is 0 Å². The summed E-state index contributed by atoms with van der Waals surface area (Å²) < 4.78 is 29.0. The van der Waals surface area contributed by atoms with E-state index in [9.17, 15) is 18.0 Å². The van der Waals surface area contributed by atoms with Gasteiger partial charge < -0.3 is 4.90 Å². The Hall–Kier alpha value is -4.04. The first-order valence-corrected chi connectivity index (χ1v) is 12.7. The lowest BCUT2D eigenvalue weighted by molar-refractivity contribution is -0.123. The lowest BCUT2D eigenvalue weighted by atomic mass is 10.0. The van der Waals surface area contributed by atoms with Gasteiger partial charge in [0.2, 0.25) is 0 Å². The molecule has 176 valence electrons. The normalized spacial score (nSPS) is 14.1. The molecular weight excluding hydrogens is 462 g/mol. The Kier molecular flexibility index (Phi) is 5.82. The van der Waals surface area contributed by atoms with E-state index in [1.807, 2.05) is 49.4 Å². The van der Waals surface area contributed by atoms with Crippen LogP contribution in [0, 0.1) is 6.92 Å². The number of nitrogens with one attached hydrogen (secondary N) is 1. The van der Waals surface area contributed by atoms with Crippen molar-refractivity contribution in [2.24, 2.45) is 0 Å². The minimum Gasteiger partial charge on any atom is -0.322 e. The van der Waals surface area contributed by atoms with Crippen LogP contribution in [0.4, 0.5) is 0 Å². The summed E-state index contributed by atoms with van der Waals surface area (Å²) in [6.45, 7) is 2.10. The number of amides is 2. The maximum Gasteiger partial charge on any atom is 0.266 e. The van der Waals surface area contributed by atoms with Crippen molar-refractivity contribution in [2.75, 3.05) is 0 Å². The summed E-state index contributed by atoms with van der Waals surface area (Å²) in [6, 6.07) is 22.0. The average Bonchev–Trinajstić information content (AvgIpc) is 3.19. The average molecular weight is 486 g/mol. The Morgan fingerprint density at radius 2 is 1.74 bits per heavy atom. The number of pyridine rings is 1. The third-order valence-electron chi connectivity index (χ3n) is 6.28. The quantitative estimate of drug-likeness (QED) is 0.450. The van der Waals surface area contributed by atoms with Crippen LogP contribution in [0.1, 0.15) is 27.0 Å². The van der Waals surface area contributed by atoms with Crippen LogP contribution in [-0.2, 0) is 27.8 Å². The molecule has 35 heavy (non-hydrogen) atoms. The molecule has 0 aliphatic carbocycles. The molecule has 1 aromatic heterocycles. The van der Waals surface area contributed by atoms with Crippen molar-refractivity contribution in [2.45, 2.75) is 30.8 Å². The molecule has 0 saturated carbocycles. The van der Waals surface area contributed by atoms with Gasteiger partial charge in [-0.3, -0.25) is 14.6 Å². The van der Waals surface area contributed by atoms with E-state index in [4.69, 9.17) is 0 Å². The Balaban J connectivity index is 1.50. The molecule has 0 fully saturated rings. The van der Waals surface area contributed by atoms with Crippen LogP contribution < -0.4 is 4.72 Å². The number of carbonyl (C=O) groups excluding carboxylic acids is 2. The minimum atomic E-state index is -4.25. The monoisotopic (exact) mass is 485 g/mol. The highest BCUT2D eigenvalue weighted by Gasteiger charge is 2.38. The smallest absolute Gasteiger partial charge is 0.266 e. The van der Waals surface area contributed by atoms with Gasteiger partial charge in [0.15, 0.2) is 0 Å². The van der Waals surface area contributed by atoms with Gasteiger partial charge in [-0.15, -0.1) is 0 Å². The summed E-state index contributed by atoms with van der Waals surface area (Å²) in [6.07, 6.45) is 1.71. The first-order valence-electron chi connectivity index (χ1n) is 11.2. The molecule has 7 nitrogen and oxygen atoms in total. The van der Waals surface area contributed by atoms with Gasteiger partial charge in [0.1, 0.15) is 10.9 Å². The van der Waals surface area contributed by atoms with Gasteiger partial charge in [-0.1, -0.05) is 60.7 Å². The predicted octanol–water partition coefficient (Wildman–Crippen LogP) is 3.62. The fourth-order valence-corrected chi connectivity index (χ4v) is 5.66. The van der Waals surface area contributed by atoms with Crippen molar-refractivity contribution < 1.29 is 18.0 Å². The van der Waals surface area contributed by atoms with E-state index >= 15 is 0 Å². The molecule has 0 unspecified atom stereocenters. The van der Waals surface area contributed by atoms with E-state index in [0.717, 1.165) is 16.7 Å². The molecule has 2 heterocycles. The van der Waals surface area contributed by atoms with Crippen LogP contribution in [0.25, 0.3) is 10.9 Å². The number of para-hydroxylation sites is 1. The van der Waals surface area contributed by atoms with E-state index in [-0.39, 0.29) is 29.3 Å². The first kappa shape index (κ1) is 22.7. The van der Waals surface area contributed by atoms with Crippen LogP contribution in [-0.4, -0.2) is 36.2 Å². The van der Waals surface area contributed by atoms with Gasteiger partial charge in [0, 0.05) is 30.1 Å². The summed E-state index contributed by atoms with van der Waals surface area (Å²) in [5.41, 5.74) is 3.31. The van der Waals surface area contributed by atoms with Crippen molar-refractivity contribution in [3.05, 3.63) is 107 Å². The summed E-state index contributed by atoms with van der Waals surface area (Å²) >= 11 is 0. The number of hydrogen-bond acceptors (Lipinski definition) is 5. The van der Waals surface area contributed by atoms with Gasteiger partial charge >= 0.3 is 0 Å². The molecule has 4 aromatic rings. The Morgan fingerprint density at radius 1 is 1.00 bits per heavy atom. The number of aryl methyl sites for hydroxylation is 1. The van der Waals surface area contributed by atoms with E-state index < -0.39 is 22.0 Å². The Bertz CT molecular complexity index is 1550. The van der Waals surface area contributed by atoms with E-state index in [2.05, 4.69) is 9.71 Å². The molecule has 1 aliphatic rings. The number of benzene rings is 3. The van der Waals surface area contributed by atoms with Gasteiger partial charge in [0.05, 0.1) is 5.52 Å². The lowest BCUT2D eigenvalue weighted by Gasteiger charge is -2.27. The van der Waals surface area contributed by atoms with Gasteiger partial charge in [0.25, 0.3) is 21.8 Å². The molecule has 0 radical (unpaired) electrons. The number of rotatable bonds is 6. The van der Waals surface area contributed by atoms with Gasteiger partial charge in [-0.25, -0.2) is 13.1 Å². The predicted molar refractivity (Wildman–Crippen MR) is 132 cm³/mol. The minimum absolute atomic E-state index is 0.0819. The molecule has 8 heteroatoms. The van der Waals surface area contributed by atoms with Crippen molar-refractivity contribution in [1.29, 1.82) is 0 Å². The number of sulfonamides is 1. The molecule has 3 aromatic carbocycles. The van der Waals surface area contributed by atoms with E-state index in [0.29, 0.717) is 10.9 Å². The zero-order valence-electron chi connectivity index (χ0n) is 19.0. The SMILES string of the molecule is Cc1ccnc2c(S(=O)(=O)NC(=O)[C@@H](Cc3ccccc3)N3Cc4ccccc4C3=O)cccc12. The lowest BCUT2D eigenvalue weighted by Crippen LogP contribution is -2.49. The number of nitrogens with zero attached hydrogens (tertiary/aromatic N) is 2. The van der Waals surface area contributed by atoms with Crippen LogP contribution in [0.15, 0.2) is 90.0 Å². The van der Waals surface area contributed by atoms with E-state index in [1.54, 1.807) is 30.3 Å². The number of hydrogen-bond donors (Lipinski definition) is 1. The Morgan fingerprint density at radius 3 is 2.51 bits per heavy atom. The second-order valence-electron chi connectivity index (χ2n) is 8.55. The summed E-state index contributed by atoms with van der Waals surface area (Å²) in [5, 5.41) is 0.689. The molecular formula is C27H23N3O4S. The van der Waals surface area contributed by atoms with Crippen molar-refractivity contribution in [1.82, 2.24) is 14.6 Å². The fraction of sp³-hybridized carbons (Fsp3) is 0.148. The maximum atomic E-state index is 13.5. The van der Waals surface area contributed by atoms with Crippen molar-refractivity contribution in [3.8, 4) is 0 Å². The summed E-state index contributed by atoms with van der Waals surface area (Å²) in [4.78, 5) is 32.3. The third-order valence-corrected chi connectivity index (χ3v) is 7.65. The maximum absolute atomic E-state index is 13.5. The highest BCUT2D eigenvalue weighted by atomic mass is 32.2. The number of carbonyl (C=O) groups is 2. The molecule has 1 atom stereocenters. The molecule has 1 aliphatic heterocycles. The second kappa shape index (κ2) is 8.96. The third kappa shape index (κ3) is 4.28. The standard InChI is InChI=1S/C27H23N3O4S/c1-18-14-15-28-25-21(18)12-7-13-24(25)35(33,34)29-26(31)23(16-19-8-3-2-4-9-19)30-17-20-10-5-6-11-22(20)27(30)32/h2-15,23H,16-17H2,1H3,(H,29,31)/t23-/m1/s1. The Labute approximate surface area is 203 Å². The highest BCUT2D eigenvalue weighted by Crippen LogP contribution is 2.27.